The van der Waals surface area contributed by atoms with Crippen molar-refractivity contribution in [2.24, 2.45) is 4.99 Å². The standard InChI is InChI=1S/C11H11ClN2O2/c12-11(16)14-6-5-9-1-3-10(4-2-9)7-13-8-15/h1-4H,5-7H2,(H,14,16). The number of carbonyl (C=O) groups excluding carboxylic acids is 2. The van der Waals surface area contributed by atoms with Gasteiger partial charge in [0.1, 0.15) is 0 Å². The highest BCUT2D eigenvalue weighted by atomic mass is 35.5. The Morgan fingerprint density at radius 3 is 2.50 bits per heavy atom. The van der Waals surface area contributed by atoms with Crippen LogP contribution >= 0.6 is 11.6 Å². The summed E-state index contributed by atoms with van der Waals surface area (Å²) in [5.74, 6) is 0. The third kappa shape index (κ3) is 4.73. The lowest BCUT2D eigenvalue weighted by Gasteiger charge is -2.02. The summed E-state index contributed by atoms with van der Waals surface area (Å²) in [5.41, 5.74) is 2.04. The molecule has 0 unspecified atom stereocenters. The number of benzene rings is 1. The summed E-state index contributed by atoms with van der Waals surface area (Å²) in [7, 11) is 0. The Hall–Kier alpha value is -1.64. The Balaban J connectivity index is 2.44. The summed E-state index contributed by atoms with van der Waals surface area (Å²) in [6, 6.07) is 7.63. The highest BCUT2D eigenvalue weighted by molar-refractivity contribution is 6.62. The maximum absolute atomic E-state index is 10.4. The van der Waals surface area contributed by atoms with E-state index in [2.05, 4.69) is 10.3 Å². The first-order valence-electron chi connectivity index (χ1n) is 4.77. The van der Waals surface area contributed by atoms with E-state index in [1.807, 2.05) is 24.3 Å². The first-order chi connectivity index (χ1) is 7.72. The summed E-state index contributed by atoms with van der Waals surface area (Å²) in [5, 5.41) is 1.96. The van der Waals surface area contributed by atoms with Crippen molar-refractivity contribution < 1.29 is 9.59 Å². The van der Waals surface area contributed by atoms with Gasteiger partial charge in [-0.2, -0.15) is 0 Å². The van der Waals surface area contributed by atoms with Crippen LogP contribution < -0.4 is 5.32 Å². The maximum atomic E-state index is 10.4. The van der Waals surface area contributed by atoms with E-state index in [0.29, 0.717) is 13.1 Å². The zero-order valence-electron chi connectivity index (χ0n) is 8.57. The van der Waals surface area contributed by atoms with Crippen molar-refractivity contribution in [1.29, 1.82) is 0 Å². The SMILES string of the molecule is O=C=NCc1ccc(CCNC(=O)Cl)cc1. The van der Waals surface area contributed by atoms with E-state index in [1.165, 1.54) is 6.08 Å². The van der Waals surface area contributed by atoms with Crippen LogP contribution in [0.5, 0.6) is 0 Å². The minimum atomic E-state index is -0.544. The second-order valence-electron chi connectivity index (χ2n) is 3.17. The molecule has 16 heavy (non-hydrogen) atoms. The summed E-state index contributed by atoms with van der Waals surface area (Å²) in [6.07, 6.45) is 2.21. The van der Waals surface area contributed by atoms with Gasteiger partial charge in [-0.05, 0) is 29.1 Å². The summed E-state index contributed by atoms with van der Waals surface area (Å²) in [4.78, 5) is 23.8. The molecule has 0 aliphatic rings. The second kappa shape index (κ2) is 6.77. The average Bonchev–Trinajstić information content (AvgIpc) is 2.27. The normalized spacial score (nSPS) is 9.31. The van der Waals surface area contributed by atoms with Crippen molar-refractivity contribution in [2.45, 2.75) is 13.0 Å². The summed E-state index contributed by atoms with van der Waals surface area (Å²) >= 11 is 5.13. The minimum Gasteiger partial charge on any atom is -0.342 e. The second-order valence-corrected chi connectivity index (χ2v) is 3.52. The maximum Gasteiger partial charge on any atom is 0.313 e. The predicted molar refractivity (Wildman–Crippen MR) is 61.2 cm³/mol. The molecule has 1 aromatic carbocycles. The first-order valence-corrected chi connectivity index (χ1v) is 5.15. The highest BCUT2D eigenvalue weighted by Gasteiger charge is 1.96. The topological polar surface area (TPSA) is 58.5 Å². The van der Waals surface area contributed by atoms with Gasteiger partial charge in [-0.3, -0.25) is 4.79 Å². The van der Waals surface area contributed by atoms with E-state index < -0.39 is 5.37 Å². The molecule has 0 heterocycles. The van der Waals surface area contributed by atoms with Gasteiger partial charge in [0, 0.05) is 6.54 Å². The molecule has 0 saturated heterocycles. The zero-order valence-corrected chi connectivity index (χ0v) is 9.33. The average molecular weight is 239 g/mol. The number of halogens is 1. The van der Waals surface area contributed by atoms with Crippen molar-refractivity contribution in [2.75, 3.05) is 6.54 Å². The molecule has 1 N–H and O–H groups in total. The molecule has 84 valence electrons. The molecule has 0 fully saturated rings. The molecule has 0 spiro atoms. The van der Waals surface area contributed by atoms with E-state index in [-0.39, 0.29) is 0 Å². The number of isocyanates is 1. The fourth-order valence-electron chi connectivity index (χ4n) is 1.24. The molecule has 5 heteroatoms. The number of carbonyl (C=O) groups is 1. The highest BCUT2D eigenvalue weighted by Crippen LogP contribution is 2.05. The van der Waals surface area contributed by atoms with Crippen LogP contribution in [0.1, 0.15) is 11.1 Å². The van der Waals surface area contributed by atoms with E-state index in [9.17, 15) is 9.59 Å². The number of hydrogen-bond donors (Lipinski definition) is 1. The largest absolute Gasteiger partial charge is 0.342 e. The smallest absolute Gasteiger partial charge is 0.313 e. The van der Waals surface area contributed by atoms with E-state index >= 15 is 0 Å². The molecule has 0 aliphatic carbocycles. The Bertz CT molecular complexity index is 397. The quantitative estimate of drug-likeness (QED) is 0.369. The Labute approximate surface area is 98.3 Å². The molecule has 0 atom stereocenters. The van der Waals surface area contributed by atoms with Crippen LogP contribution in [0.3, 0.4) is 0 Å². The predicted octanol–water partition coefficient (Wildman–Crippen LogP) is 2.01. The van der Waals surface area contributed by atoms with Crippen LogP contribution in [0.4, 0.5) is 4.79 Å². The molecule has 1 aromatic rings. The monoisotopic (exact) mass is 238 g/mol. The molecule has 1 amide bonds. The van der Waals surface area contributed by atoms with Gasteiger partial charge in [0.05, 0.1) is 6.54 Å². The number of nitrogens with one attached hydrogen (secondary N) is 1. The Morgan fingerprint density at radius 2 is 1.94 bits per heavy atom. The van der Waals surface area contributed by atoms with Crippen molar-refractivity contribution in [3.8, 4) is 0 Å². The van der Waals surface area contributed by atoms with Crippen LogP contribution in [0.25, 0.3) is 0 Å². The summed E-state index contributed by atoms with van der Waals surface area (Å²) in [6.45, 7) is 0.858. The molecule has 1 rings (SSSR count). The lowest BCUT2D eigenvalue weighted by molar-refractivity contribution is 0.260. The van der Waals surface area contributed by atoms with Gasteiger partial charge in [-0.15, -0.1) is 0 Å². The van der Waals surface area contributed by atoms with Crippen LogP contribution in [0.2, 0.25) is 0 Å². The Kier molecular flexibility index (Phi) is 5.26. The fourth-order valence-corrected chi connectivity index (χ4v) is 1.33. The van der Waals surface area contributed by atoms with Gasteiger partial charge in [0.2, 0.25) is 6.08 Å². The van der Waals surface area contributed by atoms with Gasteiger partial charge in [0.25, 0.3) is 0 Å². The molecule has 4 nitrogen and oxygen atoms in total. The first kappa shape index (κ1) is 12.4. The molecule has 0 bridgehead atoms. The van der Waals surface area contributed by atoms with Crippen LogP contribution in [-0.4, -0.2) is 18.0 Å². The number of amides is 1. The van der Waals surface area contributed by atoms with Crippen molar-refractivity contribution in [3.63, 3.8) is 0 Å². The molecule has 0 saturated carbocycles. The van der Waals surface area contributed by atoms with Gasteiger partial charge < -0.3 is 5.32 Å². The minimum absolute atomic E-state index is 0.349. The number of aliphatic imine (C=N–C) groups is 1. The van der Waals surface area contributed by atoms with Crippen LogP contribution in [0, 0.1) is 0 Å². The number of hydrogen-bond acceptors (Lipinski definition) is 3. The third-order valence-electron chi connectivity index (χ3n) is 2.03. The fraction of sp³-hybridized carbons (Fsp3) is 0.273. The molecule has 0 aliphatic heterocycles. The van der Waals surface area contributed by atoms with Crippen molar-refractivity contribution >= 4 is 23.0 Å². The molecular formula is C11H11ClN2O2. The van der Waals surface area contributed by atoms with Gasteiger partial charge in [-0.1, -0.05) is 24.3 Å². The van der Waals surface area contributed by atoms with Crippen LogP contribution in [0.15, 0.2) is 29.3 Å². The van der Waals surface area contributed by atoms with Crippen LogP contribution in [-0.2, 0) is 17.8 Å². The van der Waals surface area contributed by atoms with E-state index in [1.54, 1.807) is 0 Å². The van der Waals surface area contributed by atoms with Gasteiger partial charge in [0.15, 0.2) is 0 Å². The third-order valence-corrected chi connectivity index (χ3v) is 2.16. The summed E-state index contributed by atoms with van der Waals surface area (Å²) < 4.78 is 0. The van der Waals surface area contributed by atoms with Crippen molar-refractivity contribution in [3.05, 3.63) is 35.4 Å². The van der Waals surface area contributed by atoms with Gasteiger partial charge in [-0.25, -0.2) is 9.79 Å². The molecular weight excluding hydrogens is 228 g/mol. The number of nitrogens with zero attached hydrogens (tertiary/aromatic N) is 1. The number of rotatable bonds is 5. The van der Waals surface area contributed by atoms with E-state index in [4.69, 9.17) is 11.6 Å². The van der Waals surface area contributed by atoms with E-state index in [0.717, 1.165) is 17.5 Å². The molecule has 0 radical (unpaired) electrons. The molecule has 0 aromatic heterocycles. The lowest BCUT2D eigenvalue weighted by atomic mass is 10.1. The zero-order chi connectivity index (χ0) is 11.8. The lowest BCUT2D eigenvalue weighted by Crippen LogP contribution is -2.19. The van der Waals surface area contributed by atoms with Gasteiger partial charge >= 0.3 is 5.37 Å². The van der Waals surface area contributed by atoms with Crippen molar-refractivity contribution in [1.82, 2.24) is 5.32 Å². The Morgan fingerprint density at radius 1 is 1.31 bits per heavy atom.